The van der Waals surface area contributed by atoms with Gasteiger partial charge in [-0.15, -0.1) is 0 Å². The predicted molar refractivity (Wildman–Crippen MR) is 81.1 cm³/mol. The maximum atomic E-state index is 12.9. The van der Waals surface area contributed by atoms with Crippen LogP contribution in [0.1, 0.15) is 5.69 Å². The van der Waals surface area contributed by atoms with Gasteiger partial charge in [-0.3, -0.25) is 0 Å². The Kier molecular flexibility index (Phi) is 3.67. The van der Waals surface area contributed by atoms with Crippen molar-refractivity contribution in [2.45, 2.75) is 0 Å². The molecule has 9 heteroatoms. The molecule has 2 heterocycles. The Hall–Kier alpha value is -3.36. The average molecular weight is 314 g/mol. The fraction of sp³-hybridized carbons (Fsp3) is 0.0714. The van der Waals surface area contributed by atoms with E-state index in [0.29, 0.717) is 17.3 Å². The van der Waals surface area contributed by atoms with Crippen molar-refractivity contribution in [1.82, 2.24) is 19.5 Å². The van der Waals surface area contributed by atoms with E-state index in [4.69, 9.17) is 0 Å². The van der Waals surface area contributed by atoms with E-state index >= 15 is 0 Å². The summed E-state index contributed by atoms with van der Waals surface area (Å²) in [6.07, 6.45) is 4.35. The van der Waals surface area contributed by atoms with Crippen LogP contribution in [-0.4, -0.2) is 30.7 Å². The van der Waals surface area contributed by atoms with E-state index in [9.17, 15) is 14.5 Å². The van der Waals surface area contributed by atoms with E-state index in [1.165, 1.54) is 36.2 Å². The molecule has 0 bridgehead atoms. The Balaban J connectivity index is 1.81. The monoisotopic (exact) mass is 314 g/mol. The fourth-order valence-electron chi connectivity index (χ4n) is 1.98. The number of H-pyrrole nitrogens is 1. The van der Waals surface area contributed by atoms with Gasteiger partial charge >= 0.3 is 5.95 Å². The molecule has 0 fully saturated rings. The first-order valence-corrected chi connectivity index (χ1v) is 6.55. The molecule has 0 unspecified atom stereocenters. The van der Waals surface area contributed by atoms with Gasteiger partial charge < -0.3 is 15.1 Å². The summed E-state index contributed by atoms with van der Waals surface area (Å²) in [7, 11) is 1.53. The molecule has 0 saturated carbocycles. The molecule has 8 nitrogen and oxygen atoms in total. The standard InChI is InChI=1S/C14H11FN6O2/c1-20-11(7-18-14(20)21(22)23)6-16-13-17-8-12(19-13)9-2-4-10(15)5-3-9/h2-8H,1H3,(H,17,19). The highest BCUT2D eigenvalue weighted by molar-refractivity contribution is 5.79. The van der Waals surface area contributed by atoms with Crippen LogP contribution < -0.4 is 0 Å². The molecule has 0 aliphatic carbocycles. The predicted octanol–water partition coefficient (Wildman–Crippen LogP) is 2.61. The normalized spacial score (nSPS) is 11.2. The SMILES string of the molecule is Cn1c(C=Nc2ncc(-c3ccc(F)cc3)[nH]2)cnc1[N+](=O)[O-]. The zero-order valence-corrected chi connectivity index (χ0v) is 12.0. The third kappa shape index (κ3) is 2.98. The van der Waals surface area contributed by atoms with Crippen LogP contribution in [0.4, 0.5) is 16.3 Å². The number of rotatable bonds is 4. The first kappa shape index (κ1) is 14.6. The van der Waals surface area contributed by atoms with Crippen molar-refractivity contribution >= 4 is 18.1 Å². The van der Waals surface area contributed by atoms with Gasteiger partial charge in [0.25, 0.3) is 0 Å². The van der Waals surface area contributed by atoms with Gasteiger partial charge in [0.1, 0.15) is 12.0 Å². The largest absolute Gasteiger partial charge is 0.434 e. The third-order valence-electron chi connectivity index (χ3n) is 3.20. The summed E-state index contributed by atoms with van der Waals surface area (Å²) in [5.41, 5.74) is 1.93. The number of halogens is 1. The Bertz CT molecular complexity index is 881. The smallest absolute Gasteiger partial charge is 0.390 e. The second-order valence-electron chi connectivity index (χ2n) is 4.68. The molecular formula is C14H11FN6O2. The van der Waals surface area contributed by atoms with Crippen molar-refractivity contribution < 1.29 is 9.31 Å². The molecule has 1 N–H and O–H groups in total. The number of imidazole rings is 2. The Labute approximate surface area is 129 Å². The van der Waals surface area contributed by atoms with Crippen LogP contribution in [0.2, 0.25) is 0 Å². The van der Waals surface area contributed by atoms with Crippen LogP contribution in [0.15, 0.2) is 41.7 Å². The second-order valence-corrected chi connectivity index (χ2v) is 4.68. The highest BCUT2D eigenvalue weighted by Gasteiger charge is 2.15. The number of aliphatic imine (C=N–C) groups is 1. The lowest BCUT2D eigenvalue weighted by molar-refractivity contribution is -0.396. The second kappa shape index (κ2) is 5.79. The number of aromatic nitrogens is 4. The molecule has 23 heavy (non-hydrogen) atoms. The number of benzene rings is 1. The van der Waals surface area contributed by atoms with Crippen molar-refractivity contribution in [2.24, 2.45) is 12.0 Å². The molecule has 0 amide bonds. The lowest BCUT2D eigenvalue weighted by Gasteiger charge is -1.96. The van der Waals surface area contributed by atoms with Crippen molar-refractivity contribution in [3.63, 3.8) is 0 Å². The van der Waals surface area contributed by atoms with Gasteiger partial charge in [-0.2, -0.15) is 0 Å². The maximum Gasteiger partial charge on any atom is 0.434 e. The lowest BCUT2D eigenvalue weighted by Crippen LogP contribution is -2.01. The van der Waals surface area contributed by atoms with Gasteiger partial charge in [0.15, 0.2) is 5.69 Å². The van der Waals surface area contributed by atoms with E-state index in [0.717, 1.165) is 5.56 Å². The molecule has 2 aromatic heterocycles. The average Bonchev–Trinajstić information content (AvgIpc) is 3.13. The summed E-state index contributed by atoms with van der Waals surface area (Å²) in [6, 6.07) is 5.96. The molecule has 116 valence electrons. The zero-order chi connectivity index (χ0) is 16.4. The fourth-order valence-corrected chi connectivity index (χ4v) is 1.98. The summed E-state index contributed by atoms with van der Waals surface area (Å²) < 4.78 is 14.2. The van der Waals surface area contributed by atoms with Crippen LogP contribution in [0.25, 0.3) is 11.3 Å². The molecule has 0 aliphatic rings. The van der Waals surface area contributed by atoms with Crippen LogP contribution in [0, 0.1) is 15.9 Å². The van der Waals surface area contributed by atoms with E-state index in [1.54, 1.807) is 18.3 Å². The number of aromatic amines is 1. The lowest BCUT2D eigenvalue weighted by atomic mass is 10.2. The molecule has 0 saturated heterocycles. The van der Waals surface area contributed by atoms with Crippen LogP contribution >= 0.6 is 0 Å². The molecular weight excluding hydrogens is 303 g/mol. The number of hydrogen-bond acceptors (Lipinski definition) is 5. The minimum Gasteiger partial charge on any atom is -0.390 e. The quantitative estimate of drug-likeness (QED) is 0.454. The first-order valence-electron chi connectivity index (χ1n) is 6.55. The van der Waals surface area contributed by atoms with Crippen molar-refractivity contribution in [3.8, 4) is 11.3 Å². The van der Waals surface area contributed by atoms with Crippen molar-refractivity contribution in [3.05, 3.63) is 58.3 Å². The summed E-state index contributed by atoms with van der Waals surface area (Å²) in [6.45, 7) is 0. The van der Waals surface area contributed by atoms with E-state index in [-0.39, 0.29) is 11.8 Å². The van der Waals surface area contributed by atoms with Crippen LogP contribution in [-0.2, 0) is 7.05 Å². The van der Waals surface area contributed by atoms with Gasteiger partial charge in [0.2, 0.25) is 5.95 Å². The third-order valence-corrected chi connectivity index (χ3v) is 3.20. The summed E-state index contributed by atoms with van der Waals surface area (Å²) >= 11 is 0. The van der Waals surface area contributed by atoms with Gasteiger partial charge in [0.05, 0.1) is 25.2 Å². The summed E-state index contributed by atoms with van der Waals surface area (Å²) in [5, 5.41) is 10.7. The van der Waals surface area contributed by atoms with E-state index in [1.807, 2.05) is 0 Å². The van der Waals surface area contributed by atoms with Gasteiger partial charge in [-0.1, -0.05) is 4.98 Å². The highest BCUT2D eigenvalue weighted by Crippen LogP contribution is 2.20. The maximum absolute atomic E-state index is 12.9. The number of nitrogens with zero attached hydrogens (tertiary/aromatic N) is 5. The first-order chi connectivity index (χ1) is 11.0. The highest BCUT2D eigenvalue weighted by atomic mass is 19.1. The molecule has 0 spiro atoms. The summed E-state index contributed by atoms with van der Waals surface area (Å²) in [4.78, 5) is 25.0. The minimum atomic E-state index is -0.573. The number of nitro groups is 1. The van der Waals surface area contributed by atoms with Crippen molar-refractivity contribution in [2.75, 3.05) is 0 Å². The van der Waals surface area contributed by atoms with Crippen LogP contribution in [0.3, 0.4) is 0 Å². The van der Waals surface area contributed by atoms with E-state index < -0.39 is 4.92 Å². The van der Waals surface area contributed by atoms with Crippen LogP contribution in [0.5, 0.6) is 0 Å². The zero-order valence-electron chi connectivity index (χ0n) is 12.0. The number of hydrogen-bond donors (Lipinski definition) is 1. The Morgan fingerprint density at radius 1 is 1.30 bits per heavy atom. The minimum absolute atomic E-state index is 0.266. The molecule has 3 aromatic rings. The topological polar surface area (TPSA) is 102 Å². The molecule has 0 radical (unpaired) electrons. The Morgan fingerprint density at radius 2 is 2.04 bits per heavy atom. The summed E-state index contributed by atoms with van der Waals surface area (Å²) in [5.74, 6) is -0.254. The molecule has 1 aromatic carbocycles. The Morgan fingerprint density at radius 3 is 2.70 bits per heavy atom. The van der Waals surface area contributed by atoms with E-state index in [2.05, 4.69) is 19.9 Å². The van der Waals surface area contributed by atoms with Gasteiger partial charge in [-0.05, 0) is 34.8 Å². The molecule has 0 atom stereocenters. The molecule has 0 aliphatic heterocycles. The van der Waals surface area contributed by atoms with Gasteiger partial charge in [-0.25, -0.2) is 18.9 Å². The molecule has 3 rings (SSSR count). The van der Waals surface area contributed by atoms with Crippen molar-refractivity contribution in [1.29, 1.82) is 0 Å². The number of nitrogens with one attached hydrogen (secondary N) is 1. The van der Waals surface area contributed by atoms with Gasteiger partial charge in [0, 0.05) is 0 Å².